The van der Waals surface area contributed by atoms with Crippen LogP contribution in [-0.2, 0) is 19.6 Å². The Labute approximate surface area is 221 Å². The van der Waals surface area contributed by atoms with Gasteiger partial charge >= 0.3 is 6.03 Å². The fourth-order valence-electron chi connectivity index (χ4n) is 4.68. The van der Waals surface area contributed by atoms with Gasteiger partial charge in [0.05, 0.1) is 51.7 Å². The van der Waals surface area contributed by atoms with Crippen LogP contribution in [-0.4, -0.2) is 58.3 Å². The first kappa shape index (κ1) is 25.3. The van der Waals surface area contributed by atoms with Crippen LogP contribution in [0, 0.1) is 13.8 Å². The van der Waals surface area contributed by atoms with Crippen molar-refractivity contribution in [2.24, 2.45) is 0 Å². The highest BCUT2D eigenvalue weighted by Crippen LogP contribution is 2.28. The van der Waals surface area contributed by atoms with E-state index in [1.165, 1.54) is 0 Å². The summed E-state index contributed by atoms with van der Waals surface area (Å²) in [5.74, 6) is 2.24. The number of amides is 2. The summed E-state index contributed by atoms with van der Waals surface area (Å²) >= 11 is 0. The third kappa shape index (κ3) is 5.35. The Hall–Kier alpha value is -4.31. The molecule has 38 heavy (non-hydrogen) atoms. The smallest absolute Gasteiger partial charge is 0.327 e. The zero-order valence-corrected chi connectivity index (χ0v) is 22.1. The second kappa shape index (κ2) is 11.0. The van der Waals surface area contributed by atoms with Gasteiger partial charge in [0.1, 0.15) is 17.3 Å². The molecular weight excluding hydrogens is 484 g/mol. The van der Waals surface area contributed by atoms with E-state index in [9.17, 15) is 4.79 Å². The van der Waals surface area contributed by atoms with Crippen LogP contribution in [0.4, 0.5) is 10.5 Å². The van der Waals surface area contributed by atoms with Crippen LogP contribution in [0.25, 0.3) is 0 Å². The lowest BCUT2D eigenvalue weighted by Crippen LogP contribution is -2.57. The summed E-state index contributed by atoms with van der Waals surface area (Å²) in [6, 6.07) is 15.7. The van der Waals surface area contributed by atoms with Crippen LogP contribution >= 0.6 is 0 Å². The number of aryl methyl sites for hydroxylation is 2. The first-order chi connectivity index (χ1) is 18.4. The van der Waals surface area contributed by atoms with Gasteiger partial charge in [0, 0.05) is 36.5 Å². The molecule has 0 N–H and O–H groups in total. The van der Waals surface area contributed by atoms with Gasteiger partial charge in [0.15, 0.2) is 0 Å². The molecule has 0 unspecified atom stereocenters. The van der Waals surface area contributed by atoms with E-state index in [1.54, 1.807) is 25.3 Å². The normalized spacial score (nSPS) is 14.3. The molecule has 0 atom stereocenters. The number of methoxy groups -OCH3 is 2. The van der Waals surface area contributed by atoms with Gasteiger partial charge in [-0.25, -0.2) is 4.79 Å². The van der Waals surface area contributed by atoms with E-state index >= 15 is 0 Å². The number of benzene rings is 2. The molecule has 0 saturated carbocycles. The Morgan fingerprint density at radius 2 is 1.79 bits per heavy atom. The number of hydrogen-bond donors (Lipinski definition) is 0. The highest BCUT2D eigenvalue weighted by atomic mass is 16.5. The van der Waals surface area contributed by atoms with Crippen LogP contribution in [0.1, 0.15) is 28.1 Å². The third-order valence-electron chi connectivity index (χ3n) is 6.75. The molecule has 10 nitrogen and oxygen atoms in total. The minimum Gasteiger partial charge on any atom is -0.497 e. The number of aromatic nitrogens is 3. The molecule has 0 spiro atoms. The van der Waals surface area contributed by atoms with E-state index in [4.69, 9.17) is 14.0 Å². The van der Waals surface area contributed by atoms with Crippen molar-refractivity contribution < 1.29 is 18.8 Å². The summed E-state index contributed by atoms with van der Waals surface area (Å²) in [5, 5.41) is 8.56. The van der Waals surface area contributed by atoms with Crippen LogP contribution < -0.4 is 14.4 Å². The van der Waals surface area contributed by atoms with E-state index < -0.39 is 0 Å². The van der Waals surface area contributed by atoms with Crippen molar-refractivity contribution in [3.8, 4) is 11.5 Å². The second-order valence-electron chi connectivity index (χ2n) is 9.38. The van der Waals surface area contributed by atoms with Crippen molar-refractivity contribution >= 4 is 11.7 Å². The van der Waals surface area contributed by atoms with Gasteiger partial charge in [-0.1, -0.05) is 41.6 Å². The predicted octanol–water partition coefficient (Wildman–Crippen LogP) is 4.41. The average Bonchev–Trinajstić information content (AvgIpc) is 3.53. The maximum Gasteiger partial charge on any atom is 0.327 e. The average molecular weight is 517 g/mol. The molecular formula is C28H32N6O4. The third-order valence-corrected chi connectivity index (χ3v) is 6.75. The van der Waals surface area contributed by atoms with E-state index in [-0.39, 0.29) is 6.03 Å². The summed E-state index contributed by atoms with van der Waals surface area (Å²) in [4.78, 5) is 19.5. The van der Waals surface area contributed by atoms with Gasteiger partial charge < -0.3 is 18.9 Å². The number of carbonyl (C=O) groups excluding carboxylic acids is 1. The molecule has 198 valence electrons. The number of ether oxygens (including phenoxy) is 2. The molecule has 1 aliphatic heterocycles. The van der Waals surface area contributed by atoms with Gasteiger partial charge in [-0.15, -0.1) is 0 Å². The quantitative estimate of drug-likeness (QED) is 0.326. The zero-order valence-electron chi connectivity index (χ0n) is 22.1. The largest absolute Gasteiger partial charge is 0.497 e. The molecule has 0 bridgehead atoms. The van der Waals surface area contributed by atoms with Crippen molar-refractivity contribution in [3.05, 3.63) is 89.1 Å². The molecule has 4 aromatic rings. The van der Waals surface area contributed by atoms with E-state index in [0.717, 1.165) is 45.3 Å². The molecule has 0 radical (unpaired) electrons. The summed E-state index contributed by atoms with van der Waals surface area (Å²) in [5.41, 5.74) is 4.63. The van der Waals surface area contributed by atoms with Crippen LogP contribution in [0.3, 0.4) is 0 Å². The van der Waals surface area contributed by atoms with Crippen LogP contribution in [0.15, 0.2) is 65.4 Å². The SMILES string of the molecule is COc1ccc(CN2CN(Cc3ccccc3)C(=O)N(c3cnn(Cc4c(C)noc4C)c3)C2)c(OC)c1. The molecule has 5 rings (SSSR count). The lowest BCUT2D eigenvalue weighted by atomic mass is 10.1. The standard InChI is InChI=1S/C28H32N6O4/c1-20-26(21(2)38-30-20)17-33-16-24(13-29-33)34-19-31(15-23-10-11-25(36-3)12-27(23)37-4)18-32(28(34)35)14-22-8-6-5-7-9-22/h5-13,16H,14-15,17-19H2,1-4H3. The Morgan fingerprint density at radius 3 is 2.50 bits per heavy atom. The minimum absolute atomic E-state index is 0.0660. The van der Waals surface area contributed by atoms with Crippen molar-refractivity contribution in [1.29, 1.82) is 0 Å². The number of carbonyl (C=O) groups is 1. The number of rotatable bonds is 9. The molecule has 2 aromatic carbocycles. The second-order valence-corrected chi connectivity index (χ2v) is 9.38. The maximum atomic E-state index is 13.7. The van der Waals surface area contributed by atoms with Gasteiger partial charge in [-0.2, -0.15) is 5.10 Å². The zero-order chi connectivity index (χ0) is 26.6. The summed E-state index contributed by atoms with van der Waals surface area (Å²) in [6.07, 6.45) is 3.62. The Balaban J connectivity index is 1.41. The number of nitrogens with zero attached hydrogens (tertiary/aromatic N) is 6. The van der Waals surface area contributed by atoms with E-state index in [2.05, 4.69) is 15.2 Å². The molecule has 0 aliphatic carbocycles. The first-order valence-corrected chi connectivity index (χ1v) is 12.4. The molecule has 2 amide bonds. The van der Waals surface area contributed by atoms with Crippen molar-refractivity contribution in [1.82, 2.24) is 24.7 Å². The summed E-state index contributed by atoms with van der Waals surface area (Å²) in [6.45, 7) is 6.31. The molecule has 1 fully saturated rings. The van der Waals surface area contributed by atoms with Crippen molar-refractivity contribution in [2.45, 2.75) is 33.5 Å². The Morgan fingerprint density at radius 1 is 0.974 bits per heavy atom. The van der Waals surface area contributed by atoms with Gasteiger partial charge in [0.2, 0.25) is 0 Å². The number of urea groups is 1. The lowest BCUT2D eigenvalue weighted by Gasteiger charge is -2.41. The molecule has 3 heterocycles. The maximum absolute atomic E-state index is 13.7. The topological polar surface area (TPSA) is 89.1 Å². The van der Waals surface area contributed by atoms with Crippen molar-refractivity contribution in [3.63, 3.8) is 0 Å². The Bertz CT molecular complexity index is 1380. The first-order valence-electron chi connectivity index (χ1n) is 12.4. The molecule has 1 aliphatic rings. The summed E-state index contributed by atoms with van der Waals surface area (Å²) < 4.78 is 18.1. The van der Waals surface area contributed by atoms with Crippen LogP contribution in [0.2, 0.25) is 0 Å². The fourth-order valence-corrected chi connectivity index (χ4v) is 4.68. The fraction of sp³-hybridized carbons (Fsp3) is 0.321. The molecule has 2 aromatic heterocycles. The van der Waals surface area contributed by atoms with E-state index in [1.807, 2.05) is 78.2 Å². The number of anilines is 1. The summed E-state index contributed by atoms with van der Waals surface area (Å²) in [7, 11) is 3.29. The van der Waals surface area contributed by atoms with Crippen molar-refractivity contribution in [2.75, 3.05) is 32.5 Å². The number of hydrogen-bond acceptors (Lipinski definition) is 7. The Kier molecular flexibility index (Phi) is 7.32. The molecule has 10 heteroatoms. The minimum atomic E-state index is -0.0660. The lowest BCUT2D eigenvalue weighted by molar-refractivity contribution is 0.105. The van der Waals surface area contributed by atoms with Gasteiger partial charge in [0.25, 0.3) is 0 Å². The monoisotopic (exact) mass is 516 g/mol. The van der Waals surface area contributed by atoms with Gasteiger partial charge in [-0.3, -0.25) is 14.5 Å². The molecule has 1 saturated heterocycles. The predicted molar refractivity (Wildman–Crippen MR) is 142 cm³/mol. The van der Waals surface area contributed by atoms with Crippen LogP contribution in [0.5, 0.6) is 11.5 Å². The highest BCUT2D eigenvalue weighted by Gasteiger charge is 2.32. The van der Waals surface area contributed by atoms with Gasteiger partial charge in [-0.05, 0) is 25.5 Å². The van der Waals surface area contributed by atoms with E-state index in [0.29, 0.717) is 33.0 Å². The highest BCUT2D eigenvalue weighted by molar-refractivity contribution is 5.92.